The van der Waals surface area contributed by atoms with Gasteiger partial charge in [0.1, 0.15) is 5.05 Å². The minimum atomic E-state index is -3.00. The van der Waals surface area contributed by atoms with Gasteiger partial charge in [-0.1, -0.05) is 0 Å². The van der Waals surface area contributed by atoms with Crippen molar-refractivity contribution in [2.45, 2.75) is 41.5 Å². The molecule has 0 aliphatic carbocycles. The Balaban J connectivity index is 0. The molecule has 0 aromatic rings. The quantitative estimate of drug-likeness (QED) is 0.495. The molecule has 0 rings (SSSR count). The lowest BCUT2D eigenvalue weighted by atomic mass is 10.8. The van der Waals surface area contributed by atoms with Gasteiger partial charge >= 0.3 is 9.05 Å². The third-order valence-corrected chi connectivity index (χ3v) is 4.41. The molecule has 120 valence electrons. The third kappa shape index (κ3) is 12.9. The molecule has 0 radical (unpaired) electrons. The Bertz CT molecular complexity index is 260. The van der Waals surface area contributed by atoms with Crippen LogP contribution in [0.25, 0.3) is 0 Å². The topological polar surface area (TPSA) is 46.2 Å². The Labute approximate surface area is 134 Å². The smallest absolute Gasteiger partial charge is 0.488 e. The highest BCUT2D eigenvalue weighted by Gasteiger charge is 2.47. The maximum absolute atomic E-state index is 5.41. The van der Waals surface area contributed by atoms with Crippen molar-refractivity contribution in [2.75, 3.05) is 26.4 Å². The summed E-state index contributed by atoms with van der Waals surface area (Å²) in [6, 6.07) is 0. The van der Waals surface area contributed by atoms with Crippen molar-refractivity contribution in [3.05, 3.63) is 0 Å². The van der Waals surface area contributed by atoms with Gasteiger partial charge in [-0.3, -0.25) is 0 Å². The van der Waals surface area contributed by atoms with Crippen LogP contribution in [0.1, 0.15) is 41.5 Å². The minimum absolute atomic E-state index is 0.381. The van der Waals surface area contributed by atoms with Gasteiger partial charge in [0, 0.05) is 33.7 Å². The van der Waals surface area contributed by atoms with Crippen molar-refractivity contribution >= 4 is 43.6 Å². The van der Waals surface area contributed by atoms with Crippen molar-refractivity contribution in [1.82, 2.24) is 0 Å². The van der Waals surface area contributed by atoms with Gasteiger partial charge in [-0.15, -0.1) is 0 Å². The SMILES string of the molecule is CCOC(C)=S.CCO[Si](OCC)(OCC)OC(C)=S. The highest BCUT2D eigenvalue weighted by atomic mass is 32.1. The average Bonchev–Trinajstić information content (AvgIpc) is 2.29. The molecule has 0 saturated heterocycles. The number of hydrogen-bond acceptors (Lipinski definition) is 7. The first-order valence-corrected chi connectivity index (χ1v) is 9.07. The van der Waals surface area contributed by atoms with Crippen LogP contribution < -0.4 is 0 Å². The van der Waals surface area contributed by atoms with E-state index in [2.05, 4.69) is 12.2 Å². The molecule has 0 unspecified atom stereocenters. The fourth-order valence-corrected chi connectivity index (χ4v) is 3.39. The van der Waals surface area contributed by atoms with E-state index in [9.17, 15) is 0 Å². The number of thiocarbonyl (C=S) groups is 2. The van der Waals surface area contributed by atoms with Crippen LogP contribution >= 0.6 is 24.4 Å². The zero-order valence-corrected chi connectivity index (χ0v) is 15.8. The molecule has 0 bridgehead atoms. The van der Waals surface area contributed by atoms with E-state index in [1.54, 1.807) is 13.8 Å². The first-order valence-electron chi connectivity index (χ1n) is 6.62. The predicted molar refractivity (Wildman–Crippen MR) is 89.9 cm³/mol. The average molecular weight is 343 g/mol. The lowest BCUT2D eigenvalue weighted by molar-refractivity contribution is 0.00672. The van der Waals surface area contributed by atoms with Crippen molar-refractivity contribution in [2.24, 2.45) is 0 Å². The molecule has 0 atom stereocenters. The summed E-state index contributed by atoms with van der Waals surface area (Å²) in [6.45, 7) is 13.1. The second-order valence-electron chi connectivity index (χ2n) is 3.32. The molecule has 0 spiro atoms. The normalized spacial score (nSPS) is 10.3. The van der Waals surface area contributed by atoms with E-state index in [1.807, 2.05) is 27.7 Å². The lowest BCUT2D eigenvalue weighted by Crippen LogP contribution is -2.50. The summed E-state index contributed by atoms with van der Waals surface area (Å²) in [6.07, 6.45) is 0. The highest BCUT2D eigenvalue weighted by Crippen LogP contribution is 2.12. The van der Waals surface area contributed by atoms with Gasteiger partial charge in [-0.25, -0.2) is 0 Å². The molecule has 0 saturated carbocycles. The summed E-state index contributed by atoms with van der Waals surface area (Å²) in [7, 11) is -3.00. The van der Waals surface area contributed by atoms with E-state index in [0.717, 1.165) is 0 Å². The van der Waals surface area contributed by atoms with Crippen LogP contribution in [-0.2, 0) is 22.4 Å². The van der Waals surface area contributed by atoms with Crippen LogP contribution in [0.4, 0.5) is 0 Å². The highest BCUT2D eigenvalue weighted by molar-refractivity contribution is 7.80. The van der Waals surface area contributed by atoms with Gasteiger partial charge in [0.15, 0.2) is 5.05 Å². The van der Waals surface area contributed by atoms with Crippen molar-refractivity contribution in [3.8, 4) is 0 Å². The largest absolute Gasteiger partial charge is 0.750 e. The summed E-state index contributed by atoms with van der Waals surface area (Å²) in [5.74, 6) is 0. The van der Waals surface area contributed by atoms with Gasteiger partial charge in [0.2, 0.25) is 0 Å². The number of rotatable bonds is 8. The summed E-state index contributed by atoms with van der Waals surface area (Å²) >= 11 is 9.43. The van der Waals surface area contributed by atoms with E-state index < -0.39 is 9.05 Å². The van der Waals surface area contributed by atoms with Gasteiger partial charge in [0.05, 0.1) is 6.61 Å². The summed E-state index contributed by atoms with van der Waals surface area (Å²) in [5, 5.41) is 1.00. The van der Waals surface area contributed by atoms with Crippen LogP contribution in [-0.4, -0.2) is 45.6 Å². The second kappa shape index (κ2) is 13.8. The number of hydrogen-bond donors (Lipinski definition) is 0. The van der Waals surface area contributed by atoms with Gasteiger partial charge in [0.25, 0.3) is 0 Å². The molecule has 0 aliphatic rings. The van der Waals surface area contributed by atoms with Crippen molar-refractivity contribution in [1.29, 1.82) is 0 Å². The Morgan fingerprint density at radius 1 is 0.750 bits per heavy atom. The van der Waals surface area contributed by atoms with Gasteiger partial charge in [-0.05, 0) is 52.1 Å². The fourth-order valence-electron chi connectivity index (χ4n) is 1.12. The molecular weight excluding hydrogens is 316 g/mol. The van der Waals surface area contributed by atoms with Crippen molar-refractivity contribution in [3.63, 3.8) is 0 Å². The Kier molecular flexibility index (Phi) is 15.3. The molecule has 5 nitrogen and oxygen atoms in total. The van der Waals surface area contributed by atoms with Crippen LogP contribution in [0.3, 0.4) is 0 Å². The Morgan fingerprint density at radius 3 is 1.30 bits per heavy atom. The van der Waals surface area contributed by atoms with Gasteiger partial charge in [-0.2, -0.15) is 0 Å². The molecule has 8 heteroatoms. The maximum Gasteiger partial charge on any atom is 0.750 e. The van der Waals surface area contributed by atoms with E-state index in [-0.39, 0.29) is 0 Å². The standard InChI is InChI=1S/C8H18O4SSi.C4H8OS/c1-5-9-14(10-6-2,11-7-3)12-8(4)13;1-3-5-4(2)6/h5-7H2,1-4H3;3H2,1-2H3. The molecule has 0 amide bonds. The summed E-state index contributed by atoms with van der Waals surface area (Å²) in [5.41, 5.74) is 0. The Morgan fingerprint density at radius 2 is 1.15 bits per heavy atom. The van der Waals surface area contributed by atoms with Crippen LogP contribution in [0.15, 0.2) is 0 Å². The molecule has 20 heavy (non-hydrogen) atoms. The minimum Gasteiger partial charge on any atom is -0.488 e. The van der Waals surface area contributed by atoms with Crippen LogP contribution in [0, 0.1) is 0 Å². The molecule has 0 fully saturated rings. The lowest BCUT2D eigenvalue weighted by Gasteiger charge is -2.26. The van der Waals surface area contributed by atoms with E-state index in [4.69, 9.17) is 34.7 Å². The van der Waals surface area contributed by atoms with E-state index in [1.165, 1.54) is 0 Å². The first-order chi connectivity index (χ1) is 9.37. The maximum atomic E-state index is 5.41. The summed E-state index contributed by atoms with van der Waals surface area (Å²) < 4.78 is 26.4. The predicted octanol–water partition coefficient (Wildman–Crippen LogP) is 3.27. The number of ether oxygens (including phenoxy) is 1. The van der Waals surface area contributed by atoms with Gasteiger partial charge < -0.3 is 22.4 Å². The Hall–Kier alpha value is -0.123. The fraction of sp³-hybridized carbons (Fsp3) is 0.833. The molecule has 0 aromatic carbocycles. The van der Waals surface area contributed by atoms with Crippen LogP contribution in [0.2, 0.25) is 0 Å². The van der Waals surface area contributed by atoms with Crippen molar-refractivity contribution < 1.29 is 22.4 Å². The third-order valence-electron chi connectivity index (χ3n) is 1.58. The molecule has 0 aromatic heterocycles. The molecule has 0 aliphatic heterocycles. The summed E-state index contributed by atoms with van der Waals surface area (Å²) in [4.78, 5) is 0. The van der Waals surface area contributed by atoms with E-state index in [0.29, 0.717) is 36.5 Å². The molecule has 0 N–H and O–H groups in total. The first kappa shape index (κ1) is 22.2. The van der Waals surface area contributed by atoms with Crippen LogP contribution in [0.5, 0.6) is 0 Å². The monoisotopic (exact) mass is 342 g/mol. The zero-order valence-electron chi connectivity index (χ0n) is 13.2. The molecular formula is C12H26O5S2Si. The zero-order chi connectivity index (χ0) is 16.0. The van der Waals surface area contributed by atoms with E-state index >= 15 is 0 Å². The second-order valence-corrected chi connectivity index (χ2v) is 6.54. The molecule has 0 heterocycles.